The van der Waals surface area contributed by atoms with Crippen LogP contribution in [0.15, 0.2) is 42.5 Å². The van der Waals surface area contributed by atoms with Crippen LogP contribution in [0.3, 0.4) is 0 Å². The molecule has 0 atom stereocenters. The van der Waals surface area contributed by atoms with Gasteiger partial charge in [-0.25, -0.2) is 0 Å². The molecule has 0 aliphatic carbocycles. The van der Waals surface area contributed by atoms with Crippen LogP contribution in [0.1, 0.15) is 22.3 Å². The van der Waals surface area contributed by atoms with Gasteiger partial charge in [0.1, 0.15) is 7.05 Å². The molecule has 1 aromatic heterocycles. The Bertz CT molecular complexity index is 931. The second-order valence-corrected chi connectivity index (χ2v) is 5.92. The van der Waals surface area contributed by atoms with Crippen LogP contribution in [0.2, 0.25) is 0 Å². The zero-order valence-electron chi connectivity index (χ0n) is 13.4. The second kappa shape index (κ2) is 5.27. The first kappa shape index (κ1) is 14.3. The van der Waals surface area contributed by atoms with Crippen LogP contribution in [0, 0.1) is 32.1 Å². The van der Waals surface area contributed by atoms with Crippen LogP contribution in [0.5, 0.6) is 0 Å². The van der Waals surface area contributed by atoms with Gasteiger partial charge in [0.25, 0.3) is 0 Å². The summed E-state index contributed by atoms with van der Waals surface area (Å²) in [6.07, 6.45) is 0. The molecule has 1 heterocycles. The molecule has 0 saturated carbocycles. The normalized spacial score (nSPS) is 10.7. The van der Waals surface area contributed by atoms with Crippen molar-refractivity contribution < 1.29 is 4.57 Å². The van der Waals surface area contributed by atoms with Crippen molar-refractivity contribution in [3.63, 3.8) is 0 Å². The summed E-state index contributed by atoms with van der Waals surface area (Å²) in [5, 5.41) is 10.1. The van der Waals surface area contributed by atoms with Crippen molar-refractivity contribution in [2.75, 3.05) is 0 Å². The van der Waals surface area contributed by atoms with Gasteiger partial charge in [0.05, 0.1) is 11.6 Å². The number of hydrogen-bond donors (Lipinski definition) is 0. The molecule has 0 aliphatic heterocycles. The van der Waals surface area contributed by atoms with Gasteiger partial charge in [-0.1, -0.05) is 11.6 Å². The first-order valence-corrected chi connectivity index (χ1v) is 7.42. The monoisotopic (exact) mass is 287 g/mol. The van der Waals surface area contributed by atoms with E-state index in [2.05, 4.69) is 62.7 Å². The molecule has 3 aromatic rings. The van der Waals surface area contributed by atoms with Gasteiger partial charge < -0.3 is 0 Å². The maximum absolute atomic E-state index is 9.04. The maximum atomic E-state index is 9.04. The van der Waals surface area contributed by atoms with Gasteiger partial charge >= 0.3 is 0 Å². The summed E-state index contributed by atoms with van der Waals surface area (Å²) in [4.78, 5) is 0. The largest absolute Gasteiger partial charge is 0.213 e. The Morgan fingerprint density at radius 2 is 1.73 bits per heavy atom. The quantitative estimate of drug-likeness (QED) is 0.618. The highest BCUT2D eigenvalue weighted by Gasteiger charge is 2.17. The third kappa shape index (κ3) is 2.25. The van der Waals surface area contributed by atoms with Crippen LogP contribution in [0.25, 0.3) is 22.2 Å². The summed E-state index contributed by atoms with van der Waals surface area (Å²) in [6, 6.07) is 16.7. The van der Waals surface area contributed by atoms with Crippen molar-refractivity contribution in [3.8, 4) is 17.3 Å². The van der Waals surface area contributed by atoms with Crippen LogP contribution < -0.4 is 4.57 Å². The fraction of sp³-hybridized carbons (Fsp3) is 0.200. The predicted octanol–water partition coefficient (Wildman–Crippen LogP) is 4.13. The number of aryl methyl sites for hydroxylation is 3. The zero-order valence-corrected chi connectivity index (χ0v) is 13.4. The average Bonchev–Trinajstić information content (AvgIpc) is 2.51. The predicted molar refractivity (Wildman–Crippen MR) is 89.5 cm³/mol. The molecule has 0 saturated heterocycles. The van der Waals surface area contributed by atoms with E-state index in [1.165, 1.54) is 27.9 Å². The summed E-state index contributed by atoms with van der Waals surface area (Å²) in [6.45, 7) is 6.47. The minimum absolute atomic E-state index is 0.697. The Hall–Kier alpha value is -2.66. The van der Waals surface area contributed by atoms with Gasteiger partial charge in [0, 0.05) is 23.1 Å². The molecule has 2 aromatic carbocycles. The molecule has 0 spiro atoms. The third-order valence-corrected chi connectivity index (χ3v) is 4.39. The third-order valence-electron chi connectivity index (χ3n) is 4.39. The molecule has 0 bridgehead atoms. The summed E-state index contributed by atoms with van der Waals surface area (Å²) >= 11 is 0. The molecule has 0 radical (unpaired) electrons. The highest BCUT2D eigenvalue weighted by molar-refractivity contribution is 5.79. The van der Waals surface area contributed by atoms with Crippen molar-refractivity contribution in [3.05, 3.63) is 64.7 Å². The van der Waals surface area contributed by atoms with Crippen molar-refractivity contribution >= 4 is 10.9 Å². The Labute approximate surface area is 131 Å². The van der Waals surface area contributed by atoms with Gasteiger partial charge in [0.15, 0.2) is 0 Å². The lowest BCUT2D eigenvalue weighted by molar-refractivity contribution is -0.633. The lowest BCUT2D eigenvalue weighted by Crippen LogP contribution is -2.32. The van der Waals surface area contributed by atoms with E-state index < -0.39 is 0 Å². The fourth-order valence-electron chi connectivity index (χ4n) is 3.05. The van der Waals surface area contributed by atoms with Crippen molar-refractivity contribution in [1.29, 1.82) is 5.26 Å². The van der Waals surface area contributed by atoms with Gasteiger partial charge in [-0.2, -0.15) is 9.83 Å². The number of nitrogens with zero attached hydrogens (tertiary/aromatic N) is 2. The van der Waals surface area contributed by atoms with Crippen LogP contribution in [-0.4, -0.2) is 0 Å². The number of hydrogen-bond acceptors (Lipinski definition) is 1. The minimum Gasteiger partial charge on any atom is -0.194 e. The zero-order chi connectivity index (χ0) is 15.9. The second-order valence-electron chi connectivity index (χ2n) is 5.92. The van der Waals surface area contributed by atoms with Crippen LogP contribution >= 0.6 is 0 Å². The topological polar surface area (TPSA) is 27.7 Å². The molecule has 0 fully saturated rings. The Balaban J connectivity index is 2.30. The number of nitriles is 1. The molecular formula is C20H19N2+. The van der Waals surface area contributed by atoms with Crippen molar-refractivity contribution in [1.82, 2.24) is 0 Å². The number of aromatic nitrogens is 1. The Morgan fingerprint density at radius 1 is 0.955 bits per heavy atom. The molecule has 108 valence electrons. The number of pyridine rings is 1. The highest BCUT2D eigenvalue weighted by atomic mass is 14.9. The molecule has 0 N–H and O–H groups in total. The summed E-state index contributed by atoms with van der Waals surface area (Å²) in [5.74, 6) is 0. The smallest absolute Gasteiger partial charge is 0.194 e. The van der Waals surface area contributed by atoms with E-state index in [1.807, 2.05) is 18.2 Å². The molecular weight excluding hydrogens is 268 g/mol. The van der Waals surface area contributed by atoms with E-state index in [0.29, 0.717) is 5.56 Å². The number of fused-ring (bicyclic) bond motifs is 1. The van der Waals surface area contributed by atoms with Crippen LogP contribution in [-0.2, 0) is 7.05 Å². The van der Waals surface area contributed by atoms with E-state index in [0.717, 1.165) is 10.9 Å². The molecule has 2 heteroatoms. The molecule has 0 amide bonds. The van der Waals surface area contributed by atoms with Crippen LogP contribution in [0.4, 0.5) is 0 Å². The molecule has 0 aliphatic rings. The summed E-state index contributed by atoms with van der Waals surface area (Å²) in [7, 11) is 2.08. The average molecular weight is 287 g/mol. The van der Waals surface area contributed by atoms with E-state index in [9.17, 15) is 0 Å². The van der Waals surface area contributed by atoms with E-state index in [4.69, 9.17) is 5.26 Å². The molecule has 0 unspecified atom stereocenters. The lowest BCUT2D eigenvalue weighted by atomic mass is 9.97. The van der Waals surface area contributed by atoms with Gasteiger partial charge in [0.2, 0.25) is 11.2 Å². The molecule has 22 heavy (non-hydrogen) atoms. The fourth-order valence-corrected chi connectivity index (χ4v) is 3.05. The standard InChI is InChI=1S/C20H19N2/c1-13-9-14(2)15(3)18(10-13)20-8-6-17-11-16(12-21)5-7-19(17)22(20)4/h5-11H,1-4H3/q+1. The van der Waals surface area contributed by atoms with Crippen molar-refractivity contribution in [2.24, 2.45) is 7.05 Å². The molecule has 2 nitrogen and oxygen atoms in total. The number of benzene rings is 2. The minimum atomic E-state index is 0.697. The van der Waals surface area contributed by atoms with E-state index >= 15 is 0 Å². The number of rotatable bonds is 1. The Morgan fingerprint density at radius 3 is 2.45 bits per heavy atom. The molecule has 3 rings (SSSR count). The first-order chi connectivity index (χ1) is 10.5. The van der Waals surface area contributed by atoms with E-state index in [-0.39, 0.29) is 0 Å². The van der Waals surface area contributed by atoms with Gasteiger partial charge in [-0.05, 0) is 56.2 Å². The lowest BCUT2D eigenvalue weighted by Gasteiger charge is -2.10. The van der Waals surface area contributed by atoms with E-state index in [1.54, 1.807) is 0 Å². The SMILES string of the molecule is Cc1cc(C)c(C)c(-c2ccc3cc(C#N)ccc3[n+]2C)c1. The summed E-state index contributed by atoms with van der Waals surface area (Å²) < 4.78 is 2.21. The first-order valence-electron chi connectivity index (χ1n) is 7.42. The highest BCUT2D eigenvalue weighted by Crippen LogP contribution is 2.26. The van der Waals surface area contributed by atoms with Gasteiger partial charge in [-0.3, -0.25) is 0 Å². The van der Waals surface area contributed by atoms with Crippen molar-refractivity contribution in [2.45, 2.75) is 20.8 Å². The maximum Gasteiger partial charge on any atom is 0.213 e. The Kier molecular flexibility index (Phi) is 3.42. The summed E-state index contributed by atoms with van der Waals surface area (Å²) in [5.41, 5.74) is 8.20. The van der Waals surface area contributed by atoms with Gasteiger partial charge in [-0.15, -0.1) is 0 Å².